The van der Waals surface area contributed by atoms with E-state index in [1.54, 1.807) is 0 Å². The van der Waals surface area contributed by atoms with Gasteiger partial charge >= 0.3 is 0 Å². The third-order valence-electron chi connectivity index (χ3n) is 3.36. The molecule has 19 heavy (non-hydrogen) atoms. The number of hydrogen-bond donors (Lipinski definition) is 1. The summed E-state index contributed by atoms with van der Waals surface area (Å²) in [7, 11) is 0. The van der Waals surface area contributed by atoms with Crippen LogP contribution in [0.25, 0.3) is 11.0 Å². The van der Waals surface area contributed by atoms with Crippen LogP contribution >= 0.6 is 11.6 Å². The molecule has 1 N–H and O–H groups in total. The minimum Gasteiger partial charge on any atom is -0.459 e. The first-order chi connectivity index (χ1) is 9.04. The molecule has 2 nitrogen and oxygen atoms in total. The Kier molecular flexibility index (Phi) is 4.54. The Labute approximate surface area is 120 Å². The second-order valence-electron chi connectivity index (χ2n) is 5.45. The fourth-order valence-corrected chi connectivity index (χ4v) is 2.65. The molecule has 0 aliphatic carbocycles. The maximum Gasteiger partial charge on any atom is 0.139 e. The second-order valence-corrected chi connectivity index (χ2v) is 5.86. The van der Waals surface area contributed by atoms with E-state index in [9.17, 15) is 0 Å². The van der Waals surface area contributed by atoms with Crippen LogP contribution in [0.5, 0.6) is 0 Å². The number of fused-ring (bicyclic) bond motifs is 1. The summed E-state index contributed by atoms with van der Waals surface area (Å²) < 4.78 is 6.04. The summed E-state index contributed by atoms with van der Waals surface area (Å²) in [6, 6.07) is 3.97. The molecule has 104 valence electrons. The molecule has 1 heterocycles. The first kappa shape index (κ1) is 14.4. The van der Waals surface area contributed by atoms with Gasteiger partial charge in [-0.15, -0.1) is 0 Å². The van der Waals surface area contributed by atoms with Crippen LogP contribution in [0, 0.1) is 12.8 Å². The minimum atomic E-state index is 0.639. The lowest BCUT2D eigenvalue weighted by atomic mass is 10.1. The first-order valence-electron chi connectivity index (χ1n) is 6.94. The zero-order valence-electron chi connectivity index (χ0n) is 12.1. The molecule has 0 saturated heterocycles. The first-order valence-corrected chi connectivity index (χ1v) is 7.32. The second kappa shape index (κ2) is 5.98. The van der Waals surface area contributed by atoms with Gasteiger partial charge < -0.3 is 9.73 Å². The molecule has 0 atom stereocenters. The molecule has 3 heteroatoms. The van der Waals surface area contributed by atoms with E-state index >= 15 is 0 Å². The van der Waals surface area contributed by atoms with Crippen LogP contribution in [0.15, 0.2) is 16.5 Å². The van der Waals surface area contributed by atoms with Crippen molar-refractivity contribution in [3.63, 3.8) is 0 Å². The number of nitrogens with one attached hydrogen (secondary N) is 1. The summed E-state index contributed by atoms with van der Waals surface area (Å²) in [4.78, 5) is 0. The quantitative estimate of drug-likeness (QED) is 0.858. The lowest BCUT2D eigenvalue weighted by Crippen LogP contribution is -2.19. The standard InChI is InChI=1S/C16H22ClNO/c1-5-12-14(9-18-8-10(2)3)19-16-11(4)6-7-13(17)15(12)16/h6-7,10,18H,5,8-9H2,1-4H3. The Morgan fingerprint density at radius 1 is 1.32 bits per heavy atom. The topological polar surface area (TPSA) is 25.2 Å². The summed E-state index contributed by atoms with van der Waals surface area (Å²) in [6.07, 6.45) is 0.939. The predicted octanol–water partition coefficient (Wildman–Crippen LogP) is 4.70. The van der Waals surface area contributed by atoms with Crippen LogP contribution < -0.4 is 5.32 Å². The fraction of sp³-hybridized carbons (Fsp3) is 0.500. The van der Waals surface area contributed by atoms with Gasteiger partial charge in [0.1, 0.15) is 11.3 Å². The van der Waals surface area contributed by atoms with E-state index in [-0.39, 0.29) is 0 Å². The molecular formula is C16H22ClNO. The van der Waals surface area contributed by atoms with Crippen LogP contribution in [-0.4, -0.2) is 6.54 Å². The van der Waals surface area contributed by atoms with E-state index in [1.807, 2.05) is 12.1 Å². The zero-order valence-corrected chi connectivity index (χ0v) is 12.9. The van der Waals surface area contributed by atoms with E-state index in [0.29, 0.717) is 5.92 Å². The largest absolute Gasteiger partial charge is 0.459 e. The normalized spacial score (nSPS) is 11.7. The maximum atomic E-state index is 6.33. The average molecular weight is 280 g/mol. The van der Waals surface area contributed by atoms with Gasteiger partial charge in [-0.3, -0.25) is 0 Å². The number of furan rings is 1. The lowest BCUT2D eigenvalue weighted by molar-refractivity contribution is 0.480. The van der Waals surface area contributed by atoms with E-state index in [4.69, 9.17) is 16.0 Å². The van der Waals surface area contributed by atoms with E-state index < -0.39 is 0 Å². The van der Waals surface area contributed by atoms with Crippen molar-refractivity contribution in [3.8, 4) is 0 Å². The molecule has 0 aliphatic heterocycles. The van der Waals surface area contributed by atoms with Gasteiger partial charge in [0.2, 0.25) is 0 Å². The van der Waals surface area contributed by atoms with Crippen molar-refractivity contribution in [1.29, 1.82) is 0 Å². The van der Waals surface area contributed by atoms with Crippen molar-refractivity contribution in [2.24, 2.45) is 5.92 Å². The van der Waals surface area contributed by atoms with Crippen LogP contribution in [0.4, 0.5) is 0 Å². The molecule has 0 amide bonds. The highest BCUT2D eigenvalue weighted by atomic mass is 35.5. The van der Waals surface area contributed by atoms with Gasteiger partial charge in [-0.05, 0) is 37.4 Å². The van der Waals surface area contributed by atoms with Gasteiger partial charge in [0.25, 0.3) is 0 Å². The Morgan fingerprint density at radius 2 is 2.05 bits per heavy atom. The van der Waals surface area contributed by atoms with Crippen molar-refractivity contribution in [2.75, 3.05) is 6.54 Å². The molecule has 0 spiro atoms. The molecule has 0 fully saturated rings. The highest BCUT2D eigenvalue weighted by molar-refractivity contribution is 6.35. The van der Waals surface area contributed by atoms with E-state index in [0.717, 1.165) is 46.8 Å². The third-order valence-corrected chi connectivity index (χ3v) is 3.67. The van der Waals surface area contributed by atoms with Gasteiger partial charge in [-0.1, -0.05) is 38.4 Å². The Bertz CT molecular complexity index is 572. The zero-order chi connectivity index (χ0) is 14.0. The predicted molar refractivity (Wildman–Crippen MR) is 81.9 cm³/mol. The maximum absolute atomic E-state index is 6.33. The Morgan fingerprint density at radius 3 is 2.68 bits per heavy atom. The third kappa shape index (κ3) is 2.96. The summed E-state index contributed by atoms with van der Waals surface area (Å²) in [5, 5.41) is 5.32. The van der Waals surface area contributed by atoms with Crippen molar-refractivity contribution in [1.82, 2.24) is 5.32 Å². The molecule has 1 aromatic heterocycles. The number of benzene rings is 1. The Hall–Kier alpha value is -0.990. The van der Waals surface area contributed by atoms with Gasteiger partial charge in [0.05, 0.1) is 11.6 Å². The molecule has 1 aromatic carbocycles. The summed E-state index contributed by atoms with van der Waals surface area (Å²) in [5.74, 6) is 1.66. The van der Waals surface area contributed by atoms with E-state index in [1.165, 1.54) is 5.56 Å². The monoisotopic (exact) mass is 279 g/mol. The smallest absolute Gasteiger partial charge is 0.139 e. The molecular weight excluding hydrogens is 258 g/mol. The average Bonchev–Trinajstić information content (AvgIpc) is 2.73. The number of rotatable bonds is 5. The van der Waals surface area contributed by atoms with Crippen LogP contribution in [0.1, 0.15) is 37.7 Å². The Balaban J connectivity index is 2.39. The van der Waals surface area contributed by atoms with Gasteiger partial charge in [0, 0.05) is 10.9 Å². The summed E-state index contributed by atoms with van der Waals surface area (Å²) >= 11 is 6.33. The fourth-order valence-electron chi connectivity index (χ4n) is 2.39. The molecule has 0 radical (unpaired) electrons. The molecule has 0 saturated carbocycles. The van der Waals surface area contributed by atoms with Crippen molar-refractivity contribution in [3.05, 3.63) is 34.0 Å². The highest BCUT2D eigenvalue weighted by Crippen LogP contribution is 2.34. The molecule has 2 rings (SSSR count). The number of aryl methyl sites for hydroxylation is 2. The number of hydrogen-bond acceptors (Lipinski definition) is 2. The van der Waals surface area contributed by atoms with Crippen molar-refractivity contribution >= 4 is 22.6 Å². The van der Waals surface area contributed by atoms with Crippen molar-refractivity contribution in [2.45, 2.75) is 40.7 Å². The number of halogens is 1. The van der Waals surface area contributed by atoms with Crippen LogP contribution in [0.2, 0.25) is 5.02 Å². The summed E-state index contributed by atoms with van der Waals surface area (Å²) in [5.41, 5.74) is 3.31. The minimum absolute atomic E-state index is 0.639. The molecule has 0 bridgehead atoms. The molecule has 2 aromatic rings. The van der Waals surface area contributed by atoms with Gasteiger partial charge in [-0.25, -0.2) is 0 Å². The molecule has 0 unspecified atom stereocenters. The highest BCUT2D eigenvalue weighted by Gasteiger charge is 2.16. The van der Waals surface area contributed by atoms with Gasteiger partial charge in [0.15, 0.2) is 0 Å². The summed E-state index contributed by atoms with van der Waals surface area (Å²) in [6.45, 7) is 10.4. The lowest BCUT2D eigenvalue weighted by Gasteiger charge is -2.06. The van der Waals surface area contributed by atoms with E-state index in [2.05, 4.69) is 33.0 Å². The van der Waals surface area contributed by atoms with Gasteiger partial charge in [-0.2, -0.15) is 0 Å². The van der Waals surface area contributed by atoms with Crippen molar-refractivity contribution < 1.29 is 4.42 Å². The molecule has 0 aliphatic rings. The SMILES string of the molecule is CCc1c(CNCC(C)C)oc2c(C)ccc(Cl)c12. The van der Waals surface area contributed by atoms with Crippen LogP contribution in [0.3, 0.4) is 0 Å². The van der Waals surface area contributed by atoms with Crippen LogP contribution in [-0.2, 0) is 13.0 Å².